The first-order chi connectivity index (χ1) is 9.83. The van der Waals surface area contributed by atoms with Crippen molar-refractivity contribution in [2.75, 3.05) is 0 Å². The van der Waals surface area contributed by atoms with Gasteiger partial charge in [-0.2, -0.15) is 0 Å². The number of aromatic nitrogens is 2. The number of benzene rings is 2. The fourth-order valence-corrected chi connectivity index (χ4v) is 3.70. The van der Waals surface area contributed by atoms with Crippen LogP contribution in [-0.2, 0) is 0 Å². The van der Waals surface area contributed by atoms with Crippen LogP contribution in [-0.4, -0.2) is 9.97 Å². The summed E-state index contributed by atoms with van der Waals surface area (Å²) in [6.07, 6.45) is 0. The summed E-state index contributed by atoms with van der Waals surface area (Å²) in [7, 11) is 0. The lowest BCUT2D eigenvalue weighted by atomic mass is 10.2. The average molecular weight is 297 g/mol. The molecular formula is C16H9ClN2S. The minimum atomic E-state index is 0.520. The van der Waals surface area contributed by atoms with E-state index in [0.717, 1.165) is 21.2 Å². The molecule has 2 heterocycles. The molecule has 0 unspecified atom stereocenters. The Bertz CT molecular complexity index is 916. The molecule has 4 aromatic rings. The lowest BCUT2D eigenvalue weighted by Crippen LogP contribution is -1.89. The van der Waals surface area contributed by atoms with Gasteiger partial charge in [0, 0.05) is 15.6 Å². The van der Waals surface area contributed by atoms with E-state index < -0.39 is 0 Å². The second-order valence-corrected chi connectivity index (χ2v) is 5.87. The van der Waals surface area contributed by atoms with Crippen molar-refractivity contribution >= 4 is 43.2 Å². The quantitative estimate of drug-likeness (QED) is 0.453. The average Bonchev–Trinajstić information content (AvgIpc) is 2.87. The van der Waals surface area contributed by atoms with Gasteiger partial charge in [-0.05, 0) is 6.07 Å². The Morgan fingerprint density at radius 3 is 2.45 bits per heavy atom. The molecule has 0 aliphatic heterocycles. The predicted octanol–water partition coefficient (Wildman–Crippen LogP) is 5.16. The monoisotopic (exact) mass is 296 g/mol. The smallest absolute Gasteiger partial charge is 0.162 e. The third kappa shape index (κ3) is 1.79. The van der Waals surface area contributed by atoms with Gasteiger partial charge in [-0.25, -0.2) is 9.97 Å². The van der Waals surface area contributed by atoms with Crippen molar-refractivity contribution in [3.63, 3.8) is 0 Å². The summed E-state index contributed by atoms with van der Waals surface area (Å²) in [5, 5.41) is 2.59. The zero-order valence-electron chi connectivity index (χ0n) is 10.4. The van der Waals surface area contributed by atoms with E-state index >= 15 is 0 Å². The zero-order chi connectivity index (χ0) is 13.5. The highest BCUT2D eigenvalue weighted by molar-refractivity contribution is 7.25. The van der Waals surface area contributed by atoms with Crippen LogP contribution in [0.3, 0.4) is 0 Å². The Kier molecular flexibility index (Phi) is 2.69. The van der Waals surface area contributed by atoms with Crippen LogP contribution in [0.2, 0.25) is 5.15 Å². The molecule has 0 atom stereocenters. The minimum absolute atomic E-state index is 0.520. The fourth-order valence-electron chi connectivity index (χ4n) is 2.30. The first kappa shape index (κ1) is 11.8. The van der Waals surface area contributed by atoms with E-state index in [1.54, 1.807) is 11.3 Å². The van der Waals surface area contributed by atoms with Gasteiger partial charge in [0.25, 0.3) is 0 Å². The van der Waals surface area contributed by atoms with Gasteiger partial charge in [-0.15, -0.1) is 11.3 Å². The summed E-state index contributed by atoms with van der Waals surface area (Å²) in [6, 6.07) is 18.1. The topological polar surface area (TPSA) is 25.8 Å². The van der Waals surface area contributed by atoms with E-state index in [-0.39, 0.29) is 0 Å². The maximum atomic E-state index is 6.39. The normalized spacial score (nSPS) is 11.2. The van der Waals surface area contributed by atoms with Crippen LogP contribution in [0.4, 0.5) is 0 Å². The van der Waals surface area contributed by atoms with Crippen molar-refractivity contribution in [1.82, 2.24) is 9.97 Å². The Hall–Kier alpha value is -1.97. The largest absolute Gasteiger partial charge is 0.217 e. The maximum Gasteiger partial charge on any atom is 0.162 e. The first-order valence-electron chi connectivity index (χ1n) is 6.23. The molecule has 4 rings (SSSR count). The van der Waals surface area contributed by atoms with E-state index in [1.807, 2.05) is 42.5 Å². The molecule has 0 spiro atoms. The molecule has 0 saturated heterocycles. The summed E-state index contributed by atoms with van der Waals surface area (Å²) in [5.41, 5.74) is 0.980. The Balaban J connectivity index is 2.06. The van der Waals surface area contributed by atoms with Crippen molar-refractivity contribution in [3.8, 4) is 11.4 Å². The summed E-state index contributed by atoms with van der Waals surface area (Å²) in [4.78, 5) is 10.1. The zero-order valence-corrected chi connectivity index (χ0v) is 11.9. The molecule has 2 aromatic carbocycles. The molecule has 0 aliphatic rings. The molecule has 2 nitrogen and oxygen atoms in total. The molecule has 0 aliphatic carbocycles. The summed E-state index contributed by atoms with van der Waals surface area (Å²) >= 11 is 8.04. The van der Waals surface area contributed by atoms with E-state index in [2.05, 4.69) is 22.1 Å². The van der Waals surface area contributed by atoms with Crippen molar-refractivity contribution in [3.05, 3.63) is 59.8 Å². The molecule has 2 aromatic heterocycles. The highest BCUT2D eigenvalue weighted by atomic mass is 35.5. The lowest BCUT2D eigenvalue weighted by Gasteiger charge is -2.01. The van der Waals surface area contributed by atoms with Gasteiger partial charge >= 0.3 is 0 Å². The SMILES string of the molecule is Clc1nc(-c2ccccc2)nc2sc3ccccc3c12. The molecular weight excluding hydrogens is 288 g/mol. The Morgan fingerprint density at radius 2 is 1.60 bits per heavy atom. The molecule has 0 fully saturated rings. The van der Waals surface area contributed by atoms with Gasteiger partial charge in [0.05, 0.1) is 5.39 Å². The van der Waals surface area contributed by atoms with Gasteiger partial charge in [-0.1, -0.05) is 60.1 Å². The minimum Gasteiger partial charge on any atom is -0.217 e. The molecule has 0 bridgehead atoms. The standard InChI is InChI=1S/C16H9ClN2S/c17-14-13-11-8-4-5-9-12(11)20-16(13)19-15(18-14)10-6-2-1-3-7-10/h1-9H. The van der Waals surface area contributed by atoms with Gasteiger partial charge in [0.15, 0.2) is 5.82 Å². The third-order valence-electron chi connectivity index (χ3n) is 3.23. The van der Waals surface area contributed by atoms with Crippen molar-refractivity contribution in [1.29, 1.82) is 0 Å². The van der Waals surface area contributed by atoms with Crippen molar-refractivity contribution in [2.45, 2.75) is 0 Å². The number of halogens is 1. The van der Waals surface area contributed by atoms with Crippen LogP contribution in [0.1, 0.15) is 0 Å². The van der Waals surface area contributed by atoms with E-state index in [9.17, 15) is 0 Å². The van der Waals surface area contributed by atoms with Gasteiger partial charge in [0.2, 0.25) is 0 Å². The van der Waals surface area contributed by atoms with E-state index in [4.69, 9.17) is 11.6 Å². The Morgan fingerprint density at radius 1 is 0.850 bits per heavy atom. The van der Waals surface area contributed by atoms with Crippen LogP contribution in [0, 0.1) is 0 Å². The van der Waals surface area contributed by atoms with Crippen molar-refractivity contribution < 1.29 is 0 Å². The van der Waals surface area contributed by atoms with E-state index in [1.165, 1.54) is 4.70 Å². The first-order valence-corrected chi connectivity index (χ1v) is 7.42. The molecule has 0 saturated carbocycles. The van der Waals surface area contributed by atoms with Gasteiger partial charge in [0.1, 0.15) is 9.98 Å². The number of nitrogens with zero attached hydrogens (tertiary/aromatic N) is 2. The number of fused-ring (bicyclic) bond motifs is 3. The summed E-state index contributed by atoms with van der Waals surface area (Å²) in [5.74, 6) is 0.676. The van der Waals surface area contributed by atoms with Crippen LogP contribution in [0.25, 0.3) is 31.7 Å². The highest BCUT2D eigenvalue weighted by Crippen LogP contribution is 2.37. The molecule has 0 radical (unpaired) electrons. The molecule has 20 heavy (non-hydrogen) atoms. The van der Waals surface area contributed by atoms with Gasteiger partial charge < -0.3 is 0 Å². The van der Waals surface area contributed by atoms with Crippen LogP contribution in [0.5, 0.6) is 0 Å². The highest BCUT2D eigenvalue weighted by Gasteiger charge is 2.13. The number of hydrogen-bond acceptors (Lipinski definition) is 3. The third-order valence-corrected chi connectivity index (χ3v) is 4.56. The second kappa shape index (κ2) is 4.54. The Labute approximate surface area is 124 Å². The predicted molar refractivity (Wildman–Crippen MR) is 85.4 cm³/mol. The van der Waals surface area contributed by atoms with Crippen LogP contribution in [0.15, 0.2) is 54.6 Å². The van der Waals surface area contributed by atoms with Gasteiger partial charge in [-0.3, -0.25) is 0 Å². The molecule has 96 valence electrons. The fraction of sp³-hybridized carbons (Fsp3) is 0. The molecule has 0 amide bonds. The number of hydrogen-bond donors (Lipinski definition) is 0. The molecule has 0 N–H and O–H groups in total. The second-order valence-electron chi connectivity index (χ2n) is 4.48. The number of thiophene rings is 1. The maximum absolute atomic E-state index is 6.39. The van der Waals surface area contributed by atoms with Crippen molar-refractivity contribution in [2.24, 2.45) is 0 Å². The van der Waals surface area contributed by atoms with Crippen LogP contribution < -0.4 is 0 Å². The molecule has 4 heteroatoms. The number of rotatable bonds is 1. The van der Waals surface area contributed by atoms with Crippen LogP contribution >= 0.6 is 22.9 Å². The van der Waals surface area contributed by atoms with E-state index in [0.29, 0.717) is 11.0 Å². The summed E-state index contributed by atoms with van der Waals surface area (Å²) < 4.78 is 1.18. The summed E-state index contributed by atoms with van der Waals surface area (Å²) in [6.45, 7) is 0. The lowest BCUT2D eigenvalue weighted by molar-refractivity contribution is 1.24.